The fourth-order valence-electron chi connectivity index (χ4n) is 2.63. The molecule has 0 bridgehead atoms. The lowest BCUT2D eigenvalue weighted by Crippen LogP contribution is -2.30. The molecule has 136 valence electrons. The molecular weight excluding hydrogens is 326 g/mol. The third kappa shape index (κ3) is 4.54. The van der Waals surface area contributed by atoms with E-state index in [4.69, 9.17) is 4.74 Å². The van der Waals surface area contributed by atoms with Gasteiger partial charge in [0.2, 0.25) is 11.8 Å². The van der Waals surface area contributed by atoms with Gasteiger partial charge in [-0.15, -0.1) is 0 Å². The number of nitrogens with zero attached hydrogens (tertiary/aromatic N) is 2. The highest BCUT2D eigenvalue weighted by Crippen LogP contribution is 2.33. The first-order chi connectivity index (χ1) is 11.8. The standard InChI is InChI=1S/C17H23N3O5/c1-11(2)25-8-4-7-18-14-6-5-13(10-15(14)20(23)24)19-16(21)9-12(3)17(19)22/h5-6,10-12,18H,4,7-9H2,1-3H3. The molecule has 1 fully saturated rings. The van der Waals surface area contributed by atoms with E-state index in [0.717, 1.165) is 4.90 Å². The lowest BCUT2D eigenvalue weighted by Gasteiger charge is -2.15. The molecule has 8 heteroatoms. The molecule has 1 aromatic carbocycles. The van der Waals surface area contributed by atoms with Gasteiger partial charge in [0, 0.05) is 31.6 Å². The van der Waals surface area contributed by atoms with Crippen LogP contribution in [0.2, 0.25) is 0 Å². The van der Waals surface area contributed by atoms with Crippen LogP contribution in [0.3, 0.4) is 0 Å². The maximum Gasteiger partial charge on any atom is 0.294 e. The minimum atomic E-state index is -0.523. The number of nitro groups is 1. The molecule has 0 spiro atoms. The van der Waals surface area contributed by atoms with Gasteiger partial charge in [0.15, 0.2) is 0 Å². The van der Waals surface area contributed by atoms with Gasteiger partial charge >= 0.3 is 0 Å². The van der Waals surface area contributed by atoms with Crippen molar-refractivity contribution in [3.63, 3.8) is 0 Å². The summed E-state index contributed by atoms with van der Waals surface area (Å²) < 4.78 is 5.42. The zero-order valence-corrected chi connectivity index (χ0v) is 14.7. The summed E-state index contributed by atoms with van der Waals surface area (Å²) in [6.45, 7) is 6.64. The van der Waals surface area contributed by atoms with E-state index in [1.807, 2.05) is 13.8 Å². The summed E-state index contributed by atoms with van der Waals surface area (Å²) in [6, 6.07) is 4.34. The summed E-state index contributed by atoms with van der Waals surface area (Å²) in [4.78, 5) is 35.9. The lowest BCUT2D eigenvalue weighted by molar-refractivity contribution is -0.383. The molecule has 1 aliphatic rings. The molecule has 25 heavy (non-hydrogen) atoms. The van der Waals surface area contributed by atoms with Crippen molar-refractivity contribution in [3.8, 4) is 0 Å². The van der Waals surface area contributed by atoms with Crippen LogP contribution in [0, 0.1) is 16.0 Å². The maximum atomic E-state index is 12.1. The van der Waals surface area contributed by atoms with Gasteiger partial charge in [0.25, 0.3) is 5.69 Å². The second kappa shape index (κ2) is 8.06. The van der Waals surface area contributed by atoms with Crippen molar-refractivity contribution < 1.29 is 19.2 Å². The van der Waals surface area contributed by atoms with Gasteiger partial charge in [0.1, 0.15) is 5.69 Å². The van der Waals surface area contributed by atoms with E-state index in [2.05, 4.69) is 5.32 Å². The molecule has 0 aliphatic carbocycles. The summed E-state index contributed by atoms with van der Waals surface area (Å²) in [7, 11) is 0. The predicted octanol–water partition coefficient (Wildman–Crippen LogP) is 2.72. The first-order valence-electron chi connectivity index (χ1n) is 8.32. The van der Waals surface area contributed by atoms with Crippen LogP contribution in [0.1, 0.15) is 33.6 Å². The van der Waals surface area contributed by atoms with E-state index in [1.54, 1.807) is 13.0 Å². The molecule has 0 saturated carbocycles. The summed E-state index contributed by atoms with van der Waals surface area (Å²) in [5.41, 5.74) is 0.424. The zero-order valence-electron chi connectivity index (χ0n) is 14.7. The predicted molar refractivity (Wildman–Crippen MR) is 93.6 cm³/mol. The van der Waals surface area contributed by atoms with Crippen LogP contribution in [0.4, 0.5) is 17.1 Å². The zero-order chi connectivity index (χ0) is 18.6. The van der Waals surface area contributed by atoms with Crippen LogP contribution in [-0.2, 0) is 14.3 Å². The Kier molecular flexibility index (Phi) is 6.08. The molecule has 1 unspecified atom stereocenters. The van der Waals surface area contributed by atoms with Gasteiger partial charge in [-0.25, -0.2) is 0 Å². The van der Waals surface area contributed by atoms with E-state index >= 15 is 0 Å². The fraction of sp³-hybridized carbons (Fsp3) is 0.529. The highest BCUT2D eigenvalue weighted by molar-refractivity contribution is 6.21. The number of imide groups is 1. The van der Waals surface area contributed by atoms with Crippen LogP contribution in [0.15, 0.2) is 18.2 Å². The van der Waals surface area contributed by atoms with Crippen LogP contribution in [-0.4, -0.2) is 36.0 Å². The van der Waals surface area contributed by atoms with E-state index in [1.165, 1.54) is 12.1 Å². The van der Waals surface area contributed by atoms with E-state index in [0.29, 0.717) is 25.3 Å². The third-order valence-corrected chi connectivity index (χ3v) is 3.90. The number of amides is 2. The van der Waals surface area contributed by atoms with Gasteiger partial charge < -0.3 is 10.1 Å². The Balaban J connectivity index is 2.11. The Hall–Kier alpha value is -2.48. The van der Waals surface area contributed by atoms with Crippen LogP contribution < -0.4 is 10.2 Å². The van der Waals surface area contributed by atoms with E-state index < -0.39 is 10.8 Å². The average molecular weight is 349 g/mol. The molecular formula is C17H23N3O5. The van der Waals surface area contributed by atoms with Gasteiger partial charge in [0.05, 0.1) is 16.7 Å². The Morgan fingerprint density at radius 3 is 2.68 bits per heavy atom. The molecule has 1 aromatic rings. The summed E-state index contributed by atoms with van der Waals surface area (Å²) in [5, 5.41) is 14.4. The summed E-state index contributed by atoms with van der Waals surface area (Å²) in [6.07, 6.45) is 0.978. The van der Waals surface area contributed by atoms with Crippen molar-refractivity contribution in [1.29, 1.82) is 0 Å². The molecule has 0 aromatic heterocycles. The number of anilines is 2. The molecule has 2 rings (SSSR count). The number of benzene rings is 1. The fourth-order valence-corrected chi connectivity index (χ4v) is 2.63. The number of nitro benzene ring substituents is 1. The second-order valence-electron chi connectivity index (χ2n) is 6.33. The number of hydrogen-bond donors (Lipinski definition) is 1. The Bertz CT molecular complexity index is 674. The molecule has 1 N–H and O–H groups in total. The van der Waals surface area contributed by atoms with Crippen molar-refractivity contribution in [3.05, 3.63) is 28.3 Å². The van der Waals surface area contributed by atoms with Crippen molar-refractivity contribution in [2.75, 3.05) is 23.4 Å². The molecule has 1 heterocycles. The van der Waals surface area contributed by atoms with Crippen molar-refractivity contribution in [2.24, 2.45) is 5.92 Å². The highest BCUT2D eigenvalue weighted by atomic mass is 16.6. The first kappa shape index (κ1) is 18.9. The van der Waals surface area contributed by atoms with Crippen molar-refractivity contribution in [2.45, 2.75) is 39.7 Å². The topological polar surface area (TPSA) is 102 Å². The van der Waals surface area contributed by atoms with Crippen LogP contribution in [0.25, 0.3) is 0 Å². The molecule has 8 nitrogen and oxygen atoms in total. The smallest absolute Gasteiger partial charge is 0.294 e. The normalized spacial score (nSPS) is 17.4. The summed E-state index contributed by atoms with van der Waals surface area (Å²) in [5.74, 6) is -1.06. The van der Waals surface area contributed by atoms with Crippen LogP contribution in [0.5, 0.6) is 0 Å². The molecule has 2 amide bonds. The number of carbonyl (C=O) groups excluding carboxylic acids is 2. The van der Waals surface area contributed by atoms with Gasteiger partial charge in [-0.05, 0) is 32.4 Å². The van der Waals surface area contributed by atoms with Crippen molar-refractivity contribution >= 4 is 28.9 Å². The molecule has 0 radical (unpaired) electrons. The van der Waals surface area contributed by atoms with Crippen molar-refractivity contribution in [1.82, 2.24) is 0 Å². The van der Waals surface area contributed by atoms with E-state index in [-0.39, 0.29) is 35.7 Å². The molecule has 1 aliphatic heterocycles. The summed E-state index contributed by atoms with van der Waals surface area (Å²) >= 11 is 0. The average Bonchev–Trinajstić information content (AvgIpc) is 2.79. The number of ether oxygens (including phenoxy) is 1. The first-order valence-corrected chi connectivity index (χ1v) is 8.32. The number of carbonyl (C=O) groups is 2. The minimum absolute atomic E-state index is 0.127. The largest absolute Gasteiger partial charge is 0.379 e. The SMILES string of the molecule is CC(C)OCCCNc1ccc(N2C(=O)CC(C)C2=O)cc1[N+](=O)[O-]. The number of nitrogens with one attached hydrogen (secondary N) is 1. The quantitative estimate of drug-likeness (QED) is 0.335. The second-order valence-corrected chi connectivity index (χ2v) is 6.33. The van der Waals surface area contributed by atoms with Gasteiger partial charge in [-0.1, -0.05) is 6.92 Å². The van der Waals surface area contributed by atoms with Gasteiger partial charge in [-0.3, -0.25) is 24.6 Å². The highest BCUT2D eigenvalue weighted by Gasteiger charge is 2.37. The Morgan fingerprint density at radius 2 is 2.12 bits per heavy atom. The van der Waals surface area contributed by atoms with E-state index in [9.17, 15) is 19.7 Å². The maximum absolute atomic E-state index is 12.1. The molecule has 1 atom stereocenters. The third-order valence-electron chi connectivity index (χ3n) is 3.90. The number of hydrogen-bond acceptors (Lipinski definition) is 6. The van der Waals surface area contributed by atoms with Gasteiger partial charge in [-0.2, -0.15) is 0 Å². The Labute approximate surface area is 146 Å². The van der Waals surface area contributed by atoms with Crippen LogP contribution >= 0.6 is 0 Å². The monoisotopic (exact) mass is 349 g/mol. The minimum Gasteiger partial charge on any atom is -0.379 e. The number of rotatable bonds is 8. The Morgan fingerprint density at radius 1 is 1.40 bits per heavy atom. The molecule has 1 saturated heterocycles. The lowest BCUT2D eigenvalue weighted by atomic mass is 10.1.